The fraction of sp³-hybridized carbons (Fsp3) is 0.250. The number of anilines is 1. The second-order valence-corrected chi connectivity index (χ2v) is 13.4. The van der Waals surface area contributed by atoms with Gasteiger partial charge in [-0.2, -0.15) is 8.42 Å². The monoisotopic (exact) mass is 675 g/mol. The van der Waals surface area contributed by atoms with E-state index >= 15 is 0 Å². The Labute approximate surface area is 277 Å². The van der Waals surface area contributed by atoms with Crippen LogP contribution in [0.25, 0.3) is 0 Å². The summed E-state index contributed by atoms with van der Waals surface area (Å²) in [4.78, 5) is 29.0. The Morgan fingerprint density at radius 3 is 2.08 bits per heavy atom. The standard InChI is InChI=1S/C36H35F2N3O6S/c1-2-30(25-4-3-5-29(20-25)41-48(45,46)32-15-10-26(22-40-32)34(39)43)33-31(42)21-36(47-35(33)44,18-16-23-6-11-27(37)12-7-23)19-17-24-8-13-28(38)14-9-24/h3-15,20,22,30,41-42H,2,16-19,21H2,1H3,(H2,39,43). The molecule has 1 amide bonds. The van der Waals surface area contributed by atoms with Crippen LogP contribution in [0.4, 0.5) is 14.5 Å². The molecule has 9 nitrogen and oxygen atoms in total. The summed E-state index contributed by atoms with van der Waals surface area (Å²) in [7, 11) is -4.14. The van der Waals surface area contributed by atoms with Gasteiger partial charge in [0.05, 0.1) is 11.1 Å². The summed E-state index contributed by atoms with van der Waals surface area (Å²) in [6.07, 6.45) is 3.12. The van der Waals surface area contributed by atoms with E-state index in [0.717, 1.165) is 17.3 Å². The molecule has 0 radical (unpaired) electrons. The van der Waals surface area contributed by atoms with Crippen LogP contribution < -0.4 is 10.5 Å². The minimum atomic E-state index is -4.14. The number of aromatic nitrogens is 1. The Kier molecular flexibility index (Phi) is 10.2. The Bertz CT molecular complexity index is 1880. The number of nitrogens with two attached hydrogens (primary N) is 1. The smallest absolute Gasteiger partial charge is 0.338 e. The predicted octanol–water partition coefficient (Wildman–Crippen LogP) is 6.52. The van der Waals surface area contributed by atoms with Crippen molar-refractivity contribution in [3.63, 3.8) is 0 Å². The summed E-state index contributed by atoms with van der Waals surface area (Å²) >= 11 is 0. The Morgan fingerprint density at radius 2 is 1.58 bits per heavy atom. The van der Waals surface area contributed by atoms with E-state index in [2.05, 4.69) is 9.71 Å². The lowest BCUT2D eigenvalue weighted by Gasteiger charge is -2.39. The van der Waals surface area contributed by atoms with E-state index < -0.39 is 33.4 Å². The second kappa shape index (κ2) is 14.3. The zero-order valence-corrected chi connectivity index (χ0v) is 27.0. The Hall–Kier alpha value is -5.10. The molecule has 4 aromatic rings. The highest BCUT2D eigenvalue weighted by Gasteiger charge is 2.43. The van der Waals surface area contributed by atoms with E-state index in [0.29, 0.717) is 37.7 Å². The van der Waals surface area contributed by atoms with Crippen molar-refractivity contribution in [1.82, 2.24) is 4.98 Å². The largest absolute Gasteiger partial charge is 0.512 e. The zero-order valence-electron chi connectivity index (χ0n) is 26.2. The fourth-order valence-electron chi connectivity index (χ4n) is 5.92. The van der Waals surface area contributed by atoms with Crippen LogP contribution in [-0.4, -0.2) is 36.0 Å². The normalized spacial score (nSPS) is 15.1. The zero-order chi connectivity index (χ0) is 34.5. The van der Waals surface area contributed by atoms with Gasteiger partial charge in [0.25, 0.3) is 10.0 Å². The lowest BCUT2D eigenvalue weighted by Crippen LogP contribution is -2.42. The van der Waals surface area contributed by atoms with Gasteiger partial charge in [-0.15, -0.1) is 0 Å². The molecule has 0 fully saturated rings. The van der Waals surface area contributed by atoms with Gasteiger partial charge in [0.15, 0.2) is 5.03 Å². The number of esters is 1. The first kappa shape index (κ1) is 34.2. The van der Waals surface area contributed by atoms with Crippen LogP contribution in [0.15, 0.2) is 107 Å². The maximum absolute atomic E-state index is 13.8. The molecule has 1 aromatic heterocycles. The maximum Gasteiger partial charge on any atom is 0.338 e. The molecule has 48 heavy (non-hydrogen) atoms. The number of nitrogens with one attached hydrogen (secondary N) is 1. The third kappa shape index (κ3) is 8.06. The first-order valence-corrected chi connectivity index (χ1v) is 16.9. The molecule has 3 aromatic carbocycles. The molecule has 0 aliphatic carbocycles. The summed E-state index contributed by atoms with van der Waals surface area (Å²) in [5.41, 5.74) is 6.72. The highest BCUT2D eigenvalue weighted by molar-refractivity contribution is 7.92. The van der Waals surface area contributed by atoms with Crippen LogP contribution in [-0.2, 0) is 32.4 Å². The molecule has 0 saturated heterocycles. The molecule has 12 heteroatoms. The van der Waals surface area contributed by atoms with Crippen LogP contribution in [0.1, 0.15) is 65.6 Å². The highest BCUT2D eigenvalue weighted by atomic mass is 32.2. The van der Waals surface area contributed by atoms with Crippen molar-refractivity contribution in [1.29, 1.82) is 0 Å². The molecule has 1 atom stereocenters. The molecular weight excluding hydrogens is 640 g/mol. The number of carbonyl (C=O) groups is 2. The van der Waals surface area contributed by atoms with Gasteiger partial charge >= 0.3 is 5.97 Å². The van der Waals surface area contributed by atoms with Crippen molar-refractivity contribution in [2.45, 2.75) is 62.0 Å². The quantitative estimate of drug-likeness (QED) is 0.137. The number of hydrogen-bond acceptors (Lipinski definition) is 7. The number of aliphatic hydroxyl groups is 1. The van der Waals surface area contributed by atoms with Crippen LogP contribution in [0.2, 0.25) is 0 Å². The lowest BCUT2D eigenvalue weighted by molar-refractivity contribution is -0.161. The van der Waals surface area contributed by atoms with Gasteiger partial charge in [-0.3, -0.25) is 9.52 Å². The van der Waals surface area contributed by atoms with Crippen molar-refractivity contribution < 1.29 is 36.6 Å². The number of halogens is 2. The van der Waals surface area contributed by atoms with Gasteiger partial charge in [-0.05, 0) is 97.3 Å². The summed E-state index contributed by atoms with van der Waals surface area (Å²) in [6.45, 7) is 1.84. The number of cyclic esters (lactones) is 1. The van der Waals surface area contributed by atoms with Crippen molar-refractivity contribution in [2.24, 2.45) is 5.73 Å². The van der Waals surface area contributed by atoms with Gasteiger partial charge in [-0.1, -0.05) is 43.3 Å². The molecule has 0 saturated carbocycles. The fourth-order valence-corrected chi connectivity index (χ4v) is 6.90. The van der Waals surface area contributed by atoms with E-state index in [1.54, 1.807) is 42.5 Å². The van der Waals surface area contributed by atoms with Gasteiger partial charge in [0.1, 0.15) is 23.0 Å². The average Bonchev–Trinajstić information content (AvgIpc) is 3.06. The number of hydrogen-bond donors (Lipinski definition) is 3. The van der Waals surface area contributed by atoms with E-state index in [1.165, 1.54) is 42.5 Å². The number of nitrogens with zero attached hydrogens (tertiary/aromatic N) is 1. The number of benzene rings is 3. The van der Waals surface area contributed by atoms with Gasteiger partial charge < -0.3 is 15.6 Å². The second-order valence-electron chi connectivity index (χ2n) is 11.8. The Balaban J connectivity index is 1.40. The third-order valence-corrected chi connectivity index (χ3v) is 9.79. The van der Waals surface area contributed by atoms with Gasteiger partial charge in [-0.25, -0.2) is 18.6 Å². The summed E-state index contributed by atoms with van der Waals surface area (Å²) in [6, 6.07) is 21.0. The molecule has 0 spiro atoms. The molecule has 4 N–H and O–H groups in total. The third-order valence-electron chi connectivity index (χ3n) is 8.49. The molecule has 1 aliphatic heterocycles. The lowest BCUT2D eigenvalue weighted by atomic mass is 9.79. The minimum Gasteiger partial charge on any atom is -0.512 e. The summed E-state index contributed by atoms with van der Waals surface area (Å²) in [5, 5.41) is 11.2. The van der Waals surface area contributed by atoms with Crippen LogP contribution in [0.5, 0.6) is 0 Å². The number of amides is 1. The molecule has 1 unspecified atom stereocenters. The predicted molar refractivity (Wildman–Crippen MR) is 176 cm³/mol. The number of aryl methyl sites for hydroxylation is 2. The van der Waals surface area contributed by atoms with E-state index in [9.17, 15) is 31.9 Å². The Morgan fingerprint density at radius 1 is 0.979 bits per heavy atom. The number of primary amides is 1. The van der Waals surface area contributed by atoms with Crippen molar-refractivity contribution in [2.75, 3.05) is 4.72 Å². The molecule has 250 valence electrons. The average molecular weight is 676 g/mol. The van der Waals surface area contributed by atoms with Gasteiger partial charge in [0.2, 0.25) is 5.91 Å². The summed E-state index contributed by atoms with van der Waals surface area (Å²) < 4.78 is 61.7. The highest BCUT2D eigenvalue weighted by Crippen LogP contribution is 2.42. The molecule has 5 rings (SSSR count). The molecule has 2 heterocycles. The van der Waals surface area contributed by atoms with Crippen molar-refractivity contribution in [3.05, 3.63) is 136 Å². The van der Waals surface area contributed by atoms with E-state index in [4.69, 9.17) is 10.5 Å². The number of ether oxygens (including phenoxy) is 1. The van der Waals surface area contributed by atoms with E-state index in [1.807, 2.05) is 6.92 Å². The van der Waals surface area contributed by atoms with Gasteiger partial charge in [0, 0.05) is 24.2 Å². The molecule has 1 aliphatic rings. The first-order valence-electron chi connectivity index (χ1n) is 15.4. The van der Waals surface area contributed by atoms with Crippen molar-refractivity contribution in [3.8, 4) is 0 Å². The first-order chi connectivity index (χ1) is 22.9. The number of pyridine rings is 1. The molecule has 0 bridgehead atoms. The van der Waals surface area contributed by atoms with Crippen molar-refractivity contribution >= 4 is 27.6 Å². The van der Waals surface area contributed by atoms with Crippen LogP contribution in [0, 0.1) is 11.6 Å². The topological polar surface area (TPSA) is 149 Å². The number of rotatable bonds is 13. The minimum absolute atomic E-state index is 0.0340. The SMILES string of the molecule is CCC(C1=C(O)CC(CCc2ccc(F)cc2)(CCc2ccc(F)cc2)OC1=O)c1cccc(NS(=O)(=O)c2ccc(C(N)=O)cn2)c1. The van der Waals surface area contributed by atoms with Crippen LogP contribution in [0.3, 0.4) is 0 Å². The number of sulfonamides is 1. The molecular formula is C36H35F2N3O6S. The number of aliphatic hydroxyl groups excluding tert-OH is 1. The summed E-state index contributed by atoms with van der Waals surface area (Å²) in [5.74, 6) is -2.90. The van der Waals surface area contributed by atoms with Crippen LogP contribution >= 0.6 is 0 Å². The van der Waals surface area contributed by atoms with E-state index in [-0.39, 0.29) is 45.7 Å². The number of carbonyl (C=O) groups excluding carboxylic acids is 2. The maximum atomic E-state index is 13.8.